The Balaban J connectivity index is 2.04. The normalized spacial score (nSPS) is 11.8. The van der Waals surface area contributed by atoms with E-state index in [2.05, 4.69) is 22.3 Å². The van der Waals surface area contributed by atoms with Crippen molar-refractivity contribution in [1.29, 1.82) is 0 Å². The molecule has 0 aliphatic carbocycles. The first-order chi connectivity index (χ1) is 16.6. The molecule has 0 heterocycles. The lowest BCUT2D eigenvalue weighted by molar-refractivity contribution is -0.139. The fourth-order valence-corrected chi connectivity index (χ4v) is 3.46. The predicted octanol–water partition coefficient (Wildman–Crippen LogP) is 5.91. The number of carboxylic acids is 1. The van der Waals surface area contributed by atoms with Crippen molar-refractivity contribution in [3.63, 3.8) is 0 Å². The molecule has 0 aromatic heterocycles. The number of aryl methyl sites for hydroxylation is 1. The molecular weight excluding hydrogens is 448 g/mol. The van der Waals surface area contributed by atoms with Crippen LogP contribution >= 0.6 is 0 Å². The van der Waals surface area contributed by atoms with Crippen LogP contribution in [-0.4, -0.2) is 42.0 Å². The molecule has 2 rings (SSSR count). The van der Waals surface area contributed by atoms with Gasteiger partial charge in [-0.25, -0.2) is 9.59 Å². The Morgan fingerprint density at radius 3 is 2.46 bits per heavy atom. The van der Waals surface area contributed by atoms with Gasteiger partial charge < -0.3 is 19.9 Å². The van der Waals surface area contributed by atoms with Crippen LogP contribution in [0.4, 0.5) is 4.79 Å². The van der Waals surface area contributed by atoms with Crippen LogP contribution in [0.15, 0.2) is 47.6 Å². The third-order valence-electron chi connectivity index (χ3n) is 5.14. The Labute approximate surface area is 206 Å². The van der Waals surface area contributed by atoms with Crippen molar-refractivity contribution in [2.24, 2.45) is 5.11 Å². The van der Waals surface area contributed by atoms with E-state index < -0.39 is 23.7 Å². The molecule has 2 N–H and O–H groups in total. The minimum absolute atomic E-state index is 0.141. The van der Waals surface area contributed by atoms with Gasteiger partial charge in [-0.3, -0.25) is 0 Å². The van der Waals surface area contributed by atoms with Gasteiger partial charge in [0.05, 0.1) is 6.61 Å². The maximum absolute atomic E-state index is 12.0. The molecule has 1 unspecified atom stereocenters. The second kappa shape index (κ2) is 13.2. The zero-order chi connectivity index (χ0) is 25.8. The van der Waals surface area contributed by atoms with Crippen molar-refractivity contribution >= 4 is 12.1 Å². The second-order valence-electron chi connectivity index (χ2n) is 9.12. The zero-order valence-corrected chi connectivity index (χ0v) is 20.8. The highest BCUT2D eigenvalue weighted by atomic mass is 16.6. The summed E-state index contributed by atoms with van der Waals surface area (Å²) >= 11 is 0. The Morgan fingerprint density at radius 1 is 1.14 bits per heavy atom. The maximum atomic E-state index is 12.0. The molecule has 0 aliphatic rings. The summed E-state index contributed by atoms with van der Waals surface area (Å²) in [6, 6.07) is 12.5. The van der Waals surface area contributed by atoms with Crippen molar-refractivity contribution in [2.75, 3.05) is 13.2 Å². The van der Waals surface area contributed by atoms with E-state index in [9.17, 15) is 14.7 Å². The Morgan fingerprint density at radius 2 is 1.86 bits per heavy atom. The molecule has 188 valence electrons. The molecule has 9 heteroatoms. The lowest BCUT2D eigenvalue weighted by Crippen LogP contribution is -2.44. The fraction of sp³-hybridized carbons (Fsp3) is 0.462. The van der Waals surface area contributed by atoms with Gasteiger partial charge in [0.15, 0.2) is 0 Å². The Hall–Kier alpha value is -3.71. The smallest absolute Gasteiger partial charge is 0.408 e. The molecule has 0 radical (unpaired) electrons. The number of ether oxygens (including phenoxy) is 2. The molecule has 0 bridgehead atoms. The van der Waals surface area contributed by atoms with Gasteiger partial charge in [-0.1, -0.05) is 42.4 Å². The summed E-state index contributed by atoms with van der Waals surface area (Å²) in [5.41, 5.74) is 11.6. The first-order valence-corrected chi connectivity index (χ1v) is 11.7. The number of hydrogen-bond donors (Lipinski definition) is 2. The standard InChI is InChI=1S/C26H34N4O5/c1-5-19-17-21(34-15-7-6-14-28-30-27)12-13-22(19)20-10-8-18(9-11-20)16-23(24(31)32)29-25(33)35-26(2,3)4/h8-13,17,23H,5-7,14-16H2,1-4H3,(H,29,33)(H,31,32). The summed E-state index contributed by atoms with van der Waals surface area (Å²) in [6.45, 7) is 8.27. The van der Waals surface area contributed by atoms with E-state index in [0.717, 1.165) is 47.3 Å². The molecule has 1 atom stereocenters. The zero-order valence-electron chi connectivity index (χ0n) is 20.8. The number of carboxylic acid groups (broad SMARTS) is 1. The summed E-state index contributed by atoms with van der Waals surface area (Å²) in [6.07, 6.45) is 1.80. The van der Waals surface area contributed by atoms with Crippen LogP contribution in [0.1, 0.15) is 51.7 Å². The van der Waals surface area contributed by atoms with E-state index in [-0.39, 0.29) is 6.42 Å². The van der Waals surface area contributed by atoms with Crippen molar-refractivity contribution < 1.29 is 24.2 Å². The van der Waals surface area contributed by atoms with Crippen LogP contribution in [0.3, 0.4) is 0 Å². The van der Waals surface area contributed by atoms with Crippen molar-refractivity contribution in [2.45, 2.75) is 65.0 Å². The number of unbranched alkanes of at least 4 members (excludes halogenated alkanes) is 1. The molecule has 0 fully saturated rings. The Kier molecular flexibility index (Phi) is 10.4. The van der Waals surface area contributed by atoms with E-state index in [1.54, 1.807) is 20.8 Å². The summed E-state index contributed by atoms with van der Waals surface area (Å²) in [7, 11) is 0. The summed E-state index contributed by atoms with van der Waals surface area (Å²) in [4.78, 5) is 26.4. The molecule has 9 nitrogen and oxygen atoms in total. The highest BCUT2D eigenvalue weighted by Gasteiger charge is 2.24. The van der Waals surface area contributed by atoms with Gasteiger partial charge in [0.25, 0.3) is 0 Å². The van der Waals surface area contributed by atoms with Crippen LogP contribution < -0.4 is 10.1 Å². The number of azide groups is 1. The van der Waals surface area contributed by atoms with Crippen molar-refractivity contribution in [3.8, 4) is 16.9 Å². The number of amides is 1. The predicted molar refractivity (Wildman–Crippen MR) is 134 cm³/mol. The van der Waals surface area contributed by atoms with Crippen LogP contribution in [-0.2, 0) is 22.4 Å². The number of aliphatic carboxylic acids is 1. The molecule has 1 amide bonds. The summed E-state index contributed by atoms with van der Waals surface area (Å²) in [5, 5.41) is 15.5. The molecule has 0 aliphatic heterocycles. The molecule has 0 saturated carbocycles. The third-order valence-corrected chi connectivity index (χ3v) is 5.14. The van der Waals surface area contributed by atoms with Crippen LogP contribution in [0.25, 0.3) is 21.6 Å². The minimum atomic E-state index is -1.12. The average Bonchev–Trinajstić information content (AvgIpc) is 2.80. The number of rotatable bonds is 12. The molecule has 2 aromatic rings. The number of hydrogen-bond acceptors (Lipinski definition) is 5. The lowest BCUT2D eigenvalue weighted by atomic mass is 9.96. The first kappa shape index (κ1) is 27.5. The topological polar surface area (TPSA) is 134 Å². The molecule has 35 heavy (non-hydrogen) atoms. The Bertz CT molecular complexity index is 1040. The average molecular weight is 483 g/mol. The van der Waals surface area contributed by atoms with Gasteiger partial charge in [-0.15, -0.1) is 0 Å². The third kappa shape index (κ3) is 9.59. The largest absolute Gasteiger partial charge is 0.494 e. The fourth-order valence-electron chi connectivity index (χ4n) is 3.46. The SMILES string of the molecule is CCc1cc(OCCCCN=[N+]=[N-])ccc1-c1ccc(CC(NC(=O)OC(C)(C)C)C(=O)O)cc1. The summed E-state index contributed by atoms with van der Waals surface area (Å²) in [5.74, 6) is -0.329. The van der Waals surface area contributed by atoms with Gasteiger partial charge >= 0.3 is 12.1 Å². The van der Waals surface area contributed by atoms with Crippen LogP contribution in [0, 0.1) is 0 Å². The van der Waals surface area contributed by atoms with E-state index in [0.29, 0.717) is 13.2 Å². The quantitative estimate of drug-likeness (QED) is 0.168. The van der Waals surface area contributed by atoms with Crippen molar-refractivity contribution in [1.82, 2.24) is 5.32 Å². The number of carbonyl (C=O) groups excluding carboxylic acids is 1. The van der Waals surface area contributed by atoms with E-state index in [1.807, 2.05) is 42.5 Å². The molecule has 2 aromatic carbocycles. The number of nitrogens with one attached hydrogen (secondary N) is 1. The van der Waals surface area contributed by atoms with Gasteiger partial charge in [-0.05, 0) is 80.0 Å². The molecule has 0 spiro atoms. The van der Waals surface area contributed by atoms with Gasteiger partial charge in [-0.2, -0.15) is 0 Å². The lowest BCUT2D eigenvalue weighted by Gasteiger charge is -2.22. The second-order valence-corrected chi connectivity index (χ2v) is 9.12. The van der Waals surface area contributed by atoms with Crippen LogP contribution in [0.2, 0.25) is 0 Å². The van der Waals surface area contributed by atoms with E-state index >= 15 is 0 Å². The minimum Gasteiger partial charge on any atom is -0.494 e. The summed E-state index contributed by atoms with van der Waals surface area (Å²) < 4.78 is 11.0. The molecular formula is C26H34N4O5. The highest BCUT2D eigenvalue weighted by Crippen LogP contribution is 2.28. The van der Waals surface area contributed by atoms with E-state index in [4.69, 9.17) is 15.0 Å². The molecule has 0 saturated heterocycles. The number of alkyl carbamates (subject to hydrolysis) is 1. The number of carbonyl (C=O) groups is 2. The first-order valence-electron chi connectivity index (χ1n) is 11.7. The number of nitrogens with zero attached hydrogens (tertiary/aromatic N) is 3. The number of benzene rings is 2. The van der Waals surface area contributed by atoms with Gasteiger partial charge in [0.1, 0.15) is 17.4 Å². The van der Waals surface area contributed by atoms with E-state index in [1.165, 1.54) is 0 Å². The maximum Gasteiger partial charge on any atom is 0.408 e. The highest BCUT2D eigenvalue weighted by molar-refractivity contribution is 5.80. The van der Waals surface area contributed by atoms with Gasteiger partial charge in [0.2, 0.25) is 0 Å². The van der Waals surface area contributed by atoms with Crippen LogP contribution in [0.5, 0.6) is 5.75 Å². The monoisotopic (exact) mass is 482 g/mol. The van der Waals surface area contributed by atoms with Crippen molar-refractivity contribution in [3.05, 3.63) is 64.0 Å². The van der Waals surface area contributed by atoms with Gasteiger partial charge in [0, 0.05) is 17.9 Å².